The number of fused-ring (bicyclic) bond motifs is 2. The Kier molecular flexibility index (Phi) is 2.79. The van der Waals surface area contributed by atoms with E-state index >= 15 is 0 Å². The topological polar surface area (TPSA) is 39.2 Å². The fourth-order valence-corrected chi connectivity index (χ4v) is 2.78. The van der Waals surface area contributed by atoms with Crippen molar-refractivity contribution in [3.8, 4) is 0 Å². The van der Waals surface area contributed by atoms with Crippen LogP contribution in [0.5, 0.6) is 0 Å². The Hall–Kier alpha value is -2.52. The molecule has 0 saturated carbocycles. The number of hydrogen-bond acceptors (Lipinski definition) is 3. The lowest BCUT2D eigenvalue weighted by molar-refractivity contribution is 0.104. The van der Waals surface area contributed by atoms with E-state index < -0.39 is 0 Å². The van der Waals surface area contributed by atoms with Gasteiger partial charge in [-0.15, -0.1) is 0 Å². The molecule has 102 valence electrons. The second-order valence-corrected chi connectivity index (χ2v) is 5.21. The monoisotopic (exact) mass is 275 g/mol. The lowest BCUT2D eigenvalue weighted by Gasteiger charge is -2.07. The summed E-state index contributed by atoms with van der Waals surface area (Å²) in [6.07, 6.45) is 3.49. The van der Waals surface area contributed by atoms with Crippen LogP contribution in [-0.2, 0) is 18.0 Å². The summed E-state index contributed by atoms with van der Waals surface area (Å²) in [6, 6.07) is 13.5. The van der Waals surface area contributed by atoms with E-state index in [9.17, 15) is 4.79 Å². The summed E-state index contributed by atoms with van der Waals surface area (Å²) in [4.78, 5) is 16.9. The third-order valence-corrected chi connectivity index (χ3v) is 3.91. The van der Waals surface area contributed by atoms with Crippen LogP contribution in [0.1, 0.15) is 27.0 Å². The zero-order valence-electron chi connectivity index (χ0n) is 11.4. The van der Waals surface area contributed by atoms with Crippen LogP contribution in [-0.4, -0.2) is 10.8 Å². The molecule has 0 saturated heterocycles. The van der Waals surface area contributed by atoms with Crippen LogP contribution >= 0.6 is 0 Å². The Balaban J connectivity index is 1.83. The number of benzene rings is 2. The van der Waals surface area contributed by atoms with E-state index in [1.807, 2.05) is 42.5 Å². The van der Waals surface area contributed by atoms with E-state index in [2.05, 4.69) is 4.98 Å². The predicted molar refractivity (Wildman–Crippen MR) is 80.1 cm³/mol. The van der Waals surface area contributed by atoms with Crippen molar-refractivity contribution < 1.29 is 9.53 Å². The summed E-state index contributed by atoms with van der Waals surface area (Å²) in [7, 11) is 0. The third kappa shape index (κ3) is 2.03. The highest BCUT2D eigenvalue weighted by molar-refractivity contribution is 6.16. The van der Waals surface area contributed by atoms with Crippen LogP contribution in [0.4, 0.5) is 0 Å². The van der Waals surface area contributed by atoms with Gasteiger partial charge in [0.2, 0.25) is 0 Å². The maximum Gasteiger partial charge on any atom is 0.193 e. The number of nitrogens with zero attached hydrogens (tertiary/aromatic N) is 1. The Morgan fingerprint density at radius 1 is 1.05 bits per heavy atom. The zero-order valence-corrected chi connectivity index (χ0v) is 11.4. The Bertz CT molecular complexity index is 849. The number of ketones is 1. The van der Waals surface area contributed by atoms with Gasteiger partial charge in [0.25, 0.3) is 0 Å². The van der Waals surface area contributed by atoms with Crippen molar-refractivity contribution >= 4 is 16.6 Å². The minimum Gasteiger partial charge on any atom is -0.372 e. The van der Waals surface area contributed by atoms with Crippen molar-refractivity contribution in [2.75, 3.05) is 0 Å². The number of ether oxygens (including phenoxy) is 1. The number of pyridine rings is 1. The van der Waals surface area contributed by atoms with Crippen LogP contribution in [0, 0.1) is 0 Å². The normalized spacial score (nSPS) is 13.3. The maximum atomic E-state index is 12.8. The highest BCUT2D eigenvalue weighted by Crippen LogP contribution is 2.24. The molecule has 0 spiro atoms. The fraction of sp³-hybridized carbons (Fsp3) is 0.111. The first-order valence-corrected chi connectivity index (χ1v) is 6.90. The minimum atomic E-state index is 0.0308. The van der Waals surface area contributed by atoms with E-state index in [1.165, 1.54) is 5.56 Å². The number of aromatic nitrogens is 1. The number of carbonyl (C=O) groups excluding carboxylic acids is 1. The molecule has 21 heavy (non-hydrogen) atoms. The highest BCUT2D eigenvalue weighted by atomic mass is 16.5. The standard InChI is InChI=1S/C18H13NO2/c20-18(13-4-5-14-10-21-11-15(14)8-13)16-3-1-2-12-6-7-19-9-17(12)16/h1-9H,10-11H2. The second kappa shape index (κ2) is 4.79. The smallest absolute Gasteiger partial charge is 0.193 e. The quantitative estimate of drug-likeness (QED) is 0.672. The van der Waals surface area contributed by atoms with Crippen molar-refractivity contribution in [2.24, 2.45) is 0 Å². The van der Waals surface area contributed by atoms with E-state index in [-0.39, 0.29) is 5.78 Å². The first-order chi connectivity index (χ1) is 10.3. The van der Waals surface area contributed by atoms with Gasteiger partial charge in [0, 0.05) is 28.9 Å². The third-order valence-electron chi connectivity index (χ3n) is 3.91. The molecule has 3 aromatic rings. The molecule has 0 N–H and O–H groups in total. The summed E-state index contributed by atoms with van der Waals surface area (Å²) in [5, 5.41) is 1.92. The summed E-state index contributed by atoms with van der Waals surface area (Å²) in [5.41, 5.74) is 3.68. The van der Waals surface area contributed by atoms with Gasteiger partial charge in [0.15, 0.2) is 5.78 Å². The summed E-state index contributed by atoms with van der Waals surface area (Å²) >= 11 is 0. The molecule has 0 radical (unpaired) electrons. The Morgan fingerprint density at radius 3 is 2.90 bits per heavy atom. The fourth-order valence-electron chi connectivity index (χ4n) is 2.78. The van der Waals surface area contributed by atoms with Crippen molar-refractivity contribution in [3.05, 3.63) is 77.1 Å². The molecule has 0 fully saturated rings. The average molecular weight is 275 g/mol. The molecule has 0 unspecified atom stereocenters. The first kappa shape index (κ1) is 12.2. The lowest BCUT2D eigenvalue weighted by atomic mass is 9.96. The summed E-state index contributed by atoms with van der Waals surface area (Å²) in [5.74, 6) is 0.0308. The van der Waals surface area contributed by atoms with Crippen molar-refractivity contribution in [3.63, 3.8) is 0 Å². The zero-order chi connectivity index (χ0) is 14.2. The van der Waals surface area contributed by atoms with Crippen LogP contribution in [0.15, 0.2) is 54.9 Å². The molecule has 0 aliphatic carbocycles. The van der Waals surface area contributed by atoms with Gasteiger partial charge in [0.05, 0.1) is 13.2 Å². The first-order valence-electron chi connectivity index (χ1n) is 6.90. The molecule has 1 aromatic heterocycles. The molecule has 2 heterocycles. The highest BCUT2D eigenvalue weighted by Gasteiger charge is 2.17. The minimum absolute atomic E-state index is 0.0308. The molecule has 0 amide bonds. The molecule has 3 nitrogen and oxygen atoms in total. The van der Waals surface area contributed by atoms with Gasteiger partial charge in [-0.25, -0.2) is 0 Å². The van der Waals surface area contributed by atoms with Crippen LogP contribution in [0.25, 0.3) is 10.8 Å². The van der Waals surface area contributed by atoms with Gasteiger partial charge in [-0.2, -0.15) is 0 Å². The van der Waals surface area contributed by atoms with Crippen molar-refractivity contribution in [2.45, 2.75) is 13.2 Å². The maximum absolute atomic E-state index is 12.8. The molecular formula is C18H13NO2. The van der Waals surface area contributed by atoms with E-state index in [1.54, 1.807) is 12.4 Å². The molecular weight excluding hydrogens is 262 g/mol. The van der Waals surface area contributed by atoms with Gasteiger partial charge in [-0.3, -0.25) is 9.78 Å². The molecule has 0 atom stereocenters. The van der Waals surface area contributed by atoms with Gasteiger partial charge >= 0.3 is 0 Å². The summed E-state index contributed by atoms with van der Waals surface area (Å²) in [6.45, 7) is 1.23. The van der Waals surface area contributed by atoms with Gasteiger partial charge in [-0.05, 0) is 28.6 Å². The molecule has 0 bridgehead atoms. The van der Waals surface area contributed by atoms with E-state index in [0.717, 1.165) is 16.3 Å². The average Bonchev–Trinajstić information content (AvgIpc) is 3.01. The summed E-state index contributed by atoms with van der Waals surface area (Å²) < 4.78 is 5.40. The van der Waals surface area contributed by atoms with Crippen molar-refractivity contribution in [1.82, 2.24) is 4.98 Å². The van der Waals surface area contributed by atoms with Crippen LogP contribution in [0.3, 0.4) is 0 Å². The lowest BCUT2D eigenvalue weighted by Crippen LogP contribution is -2.03. The number of hydrogen-bond donors (Lipinski definition) is 0. The van der Waals surface area contributed by atoms with E-state index in [0.29, 0.717) is 24.3 Å². The van der Waals surface area contributed by atoms with Crippen LogP contribution < -0.4 is 0 Å². The molecule has 4 rings (SSSR count). The SMILES string of the molecule is O=C(c1ccc2c(c1)COC2)c1cccc2ccncc12. The molecule has 1 aliphatic heterocycles. The second-order valence-electron chi connectivity index (χ2n) is 5.21. The van der Waals surface area contributed by atoms with Gasteiger partial charge in [-0.1, -0.05) is 30.3 Å². The molecule has 2 aromatic carbocycles. The van der Waals surface area contributed by atoms with Crippen molar-refractivity contribution in [1.29, 1.82) is 0 Å². The number of rotatable bonds is 2. The van der Waals surface area contributed by atoms with Gasteiger partial charge in [0.1, 0.15) is 0 Å². The number of carbonyl (C=O) groups is 1. The Labute approximate surface area is 122 Å². The predicted octanol–water partition coefficient (Wildman–Crippen LogP) is 3.50. The molecule has 3 heteroatoms. The Morgan fingerprint density at radius 2 is 1.95 bits per heavy atom. The van der Waals surface area contributed by atoms with Gasteiger partial charge < -0.3 is 4.74 Å². The molecule has 1 aliphatic rings. The van der Waals surface area contributed by atoms with Crippen LogP contribution in [0.2, 0.25) is 0 Å². The largest absolute Gasteiger partial charge is 0.372 e. The van der Waals surface area contributed by atoms with E-state index in [4.69, 9.17) is 4.74 Å².